The van der Waals surface area contributed by atoms with Gasteiger partial charge in [0.2, 0.25) is 0 Å². The lowest BCUT2D eigenvalue weighted by molar-refractivity contribution is 0.282. The topological polar surface area (TPSA) is 9.23 Å². The fourth-order valence-corrected chi connectivity index (χ4v) is 0.777. The third-order valence-corrected chi connectivity index (χ3v) is 1.24. The van der Waals surface area contributed by atoms with Gasteiger partial charge in [-0.1, -0.05) is 22.9 Å². The third-order valence-electron chi connectivity index (χ3n) is 0.732. The highest BCUT2D eigenvalue weighted by Gasteiger charge is 1.83. The first-order valence-electron chi connectivity index (χ1n) is 2.18. The van der Waals surface area contributed by atoms with Crippen LogP contribution < -0.4 is 0 Å². The van der Waals surface area contributed by atoms with Gasteiger partial charge in [-0.05, 0) is 0 Å². The van der Waals surface area contributed by atoms with Crippen molar-refractivity contribution in [3.63, 3.8) is 0 Å². The maximum atomic E-state index is 4.86. The van der Waals surface area contributed by atoms with Gasteiger partial charge in [-0.3, -0.25) is 0 Å². The fraction of sp³-hybridized carbons (Fsp3) is 0.600. The molecule has 0 N–H and O–H groups in total. The van der Waals surface area contributed by atoms with Crippen molar-refractivity contribution in [2.75, 3.05) is 7.11 Å². The molecule has 0 rings (SSSR count). The van der Waals surface area contributed by atoms with Crippen LogP contribution in [0.25, 0.3) is 0 Å². The molecule has 42 valence electrons. The van der Waals surface area contributed by atoms with E-state index in [-0.39, 0.29) is 0 Å². The zero-order chi connectivity index (χ0) is 5.70. The second-order valence-corrected chi connectivity index (χ2v) is 1.59. The summed E-state index contributed by atoms with van der Waals surface area (Å²) in [6, 6.07) is 0. The molecule has 0 bridgehead atoms. The molecule has 0 atom stereocenters. The van der Waals surface area contributed by atoms with Gasteiger partial charge in [-0.25, -0.2) is 0 Å². The minimum absolute atomic E-state index is 0.946. The van der Waals surface area contributed by atoms with Crippen molar-refractivity contribution in [3.05, 3.63) is 10.7 Å². The molecule has 0 aliphatic rings. The van der Waals surface area contributed by atoms with E-state index < -0.39 is 0 Å². The fourth-order valence-electron chi connectivity index (χ4n) is 0.266. The standard InChI is InChI=1S/C5H9BrO/c1-3-5(4-6)7-2/h4H,3H2,1-2H3/b5-4-. The lowest BCUT2D eigenvalue weighted by Gasteiger charge is -1.96. The molecule has 0 aromatic heterocycles. The number of allylic oxidation sites excluding steroid dienone is 1. The Balaban J connectivity index is 3.38. The number of hydrogen-bond acceptors (Lipinski definition) is 1. The van der Waals surface area contributed by atoms with E-state index in [1.54, 1.807) is 12.1 Å². The molecule has 0 aromatic carbocycles. The van der Waals surface area contributed by atoms with Gasteiger partial charge >= 0.3 is 0 Å². The Morgan fingerprint density at radius 3 is 2.43 bits per heavy atom. The van der Waals surface area contributed by atoms with Crippen molar-refractivity contribution in [2.45, 2.75) is 13.3 Å². The lowest BCUT2D eigenvalue weighted by atomic mass is 10.4. The first-order valence-corrected chi connectivity index (χ1v) is 3.10. The summed E-state index contributed by atoms with van der Waals surface area (Å²) >= 11 is 3.15. The van der Waals surface area contributed by atoms with Gasteiger partial charge in [0.25, 0.3) is 0 Å². The van der Waals surface area contributed by atoms with Gasteiger partial charge < -0.3 is 4.74 Å². The normalized spacial score (nSPS) is 11.6. The molecule has 1 nitrogen and oxygen atoms in total. The molecule has 0 radical (unpaired) electrons. The number of halogens is 1. The van der Waals surface area contributed by atoms with Crippen molar-refractivity contribution < 1.29 is 4.74 Å². The van der Waals surface area contributed by atoms with Crippen LogP contribution in [0.3, 0.4) is 0 Å². The zero-order valence-electron chi connectivity index (χ0n) is 4.57. The molecule has 0 fully saturated rings. The second-order valence-electron chi connectivity index (χ2n) is 1.13. The molecule has 0 amide bonds. The van der Waals surface area contributed by atoms with Gasteiger partial charge in [0.15, 0.2) is 0 Å². The van der Waals surface area contributed by atoms with Gasteiger partial charge in [-0.2, -0.15) is 0 Å². The summed E-state index contributed by atoms with van der Waals surface area (Å²) in [7, 11) is 1.66. The van der Waals surface area contributed by atoms with Crippen molar-refractivity contribution in [3.8, 4) is 0 Å². The number of hydrogen-bond donors (Lipinski definition) is 0. The van der Waals surface area contributed by atoms with E-state index in [9.17, 15) is 0 Å². The summed E-state index contributed by atoms with van der Waals surface area (Å²) in [5.41, 5.74) is 0. The molecule has 0 aliphatic heterocycles. The summed E-state index contributed by atoms with van der Waals surface area (Å²) in [5, 5.41) is 0. The number of methoxy groups -OCH3 is 1. The van der Waals surface area contributed by atoms with Gasteiger partial charge in [0.1, 0.15) is 5.76 Å². The minimum Gasteiger partial charge on any atom is -0.501 e. The summed E-state index contributed by atoms with van der Waals surface area (Å²) in [6.45, 7) is 2.04. The largest absolute Gasteiger partial charge is 0.501 e. The first-order chi connectivity index (χ1) is 3.35. The Morgan fingerprint density at radius 2 is 2.43 bits per heavy atom. The monoisotopic (exact) mass is 164 g/mol. The Morgan fingerprint density at radius 1 is 1.86 bits per heavy atom. The van der Waals surface area contributed by atoms with Gasteiger partial charge in [0.05, 0.1) is 7.11 Å². The van der Waals surface area contributed by atoms with Gasteiger partial charge in [-0.15, -0.1) is 0 Å². The Kier molecular flexibility index (Phi) is 4.20. The summed E-state index contributed by atoms with van der Waals surface area (Å²) < 4.78 is 4.86. The molecular formula is C5H9BrO. The molecule has 0 saturated carbocycles. The second kappa shape index (κ2) is 4.19. The zero-order valence-corrected chi connectivity index (χ0v) is 6.16. The maximum Gasteiger partial charge on any atom is 0.102 e. The predicted molar refractivity (Wildman–Crippen MR) is 34.3 cm³/mol. The van der Waals surface area contributed by atoms with Crippen molar-refractivity contribution >= 4 is 15.9 Å². The lowest BCUT2D eigenvalue weighted by Crippen LogP contribution is -1.79. The minimum atomic E-state index is 0.946. The summed E-state index contributed by atoms with van der Waals surface area (Å²) in [5.74, 6) is 0.972. The van der Waals surface area contributed by atoms with E-state index in [0.29, 0.717) is 0 Å². The molecule has 0 spiro atoms. The highest BCUT2D eigenvalue weighted by atomic mass is 79.9. The Labute approximate surface area is 52.5 Å². The van der Waals surface area contributed by atoms with Crippen LogP contribution in [0.5, 0.6) is 0 Å². The van der Waals surface area contributed by atoms with E-state index in [0.717, 1.165) is 12.2 Å². The highest BCUT2D eigenvalue weighted by Crippen LogP contribution is 2.02. The van der Waals surface area contributed by atoms with E-state index in [1.807, 2.05) is 6.92 Å². The molecule has 0 aliphatic carbocycles. The van der Waals surface area contributed by atoms with Crippen LogP contribution in [0, 0.1) is 0 Å². The van der Waals surface area contributed by atoms with Crippen LogP contribution in [0.2, 0.25) is 0 Å². The maximum absolute atomic E-state index is 4.86. The predicted octanol–water partition coefficient (Wildman–Crippen LogP) is 2.28. The number of ether oxygens (including phenoxy) is 1. The van der Waals surface area contributed by atoms with Crippen molar-refractivity contribution in [1.82, 2.24) is 0 Å². The van der Waals surface area contributed by atoms with Crippen LogP contribution in [0.1, 0.15) is 13.3 Å². The quantitative estimate of drug-likeness (QED) is 0.570. The third kappa shape index (κ3) is 2.68. The SMILES string of the molecule is CC/C(=C/Br)OC. The van der Waals surface area contributed by atoms with E-state index in [2.05, 4.69) is 15.9 Å². The Hall–Kier alpha value is 0.0200. The van der Waals surface area contributed by atoms with E-state index in [4.69, 9.17) is 4.74 Å². The van der Waals surface area contributed by atoms with Crippen molar-refractivity contribution in [1.29, 1.82) is 0 Å². The van der Waals surface area contributed by atoms with Crippen LogP contribution in [-0.4, -0.2) is 7.11 Å². The molecule has 0 saturated heterocycles. The molecule has 2 heteroatoms. The van der Waals surface area contributed by atoms with Crippen LogP contribution in [-0.2, 0) is 4.74 Å². The smallest absolute Gasteiger partial charge is 0.102 e. The molecule has 0 aromatic rings. The number of rotatable bonds is 2. The van der Waals surface area contributed by atoms with Crippen LogP contribution in [0.15, 0.2) is 10.7 Å². The highest BCUT2D eigenvalue weighted by molar-refractivity contribution is 9.11. The summed E-state index contributed by atoms with van der Waals surface area (Å²) in [6.07, 6.45) is 0.946. The molecule has 7 heavy (non-hydrogen) atoms. The Bertz CT molecular complexity index is 62.5. The van der Waals surface area contributed by atoms with Crippen LogP contribution in [0.4, 0.5) is 0 Å². The van der Waals surface area contributed by atoms with Crippen molar-refractivity contribution in [2.24, 2.45) is 0 Å². The molecule has 0 unspecified atom stereocenters. The molecular weight excluding hydrogens is 156 g/mol. The average molecular weight is 165 g/mol. The summed E-state index contributed by atoms with van der Waals surface area (Å²) in [4.78, 5) is 1.78. The van der Waals surface area contributed by atoms with Crippen LogP contribution >= 0.6 is 15.9 Å². The molecule has 0 heterocycles. The van der Waals surface area contributed by atoms with E-state index in [1.165, 1.54) is 0 Å². The van der Waals surface area contributed by atoms with E-state index >= 15 is 0 Å². The average Bonchev–Trinajstić information content (AvgIpc) is 1.72. The van der Waals surface area contributed by atoms with Gasteiger partial charge in [0, 0.05) is 11.4 Å². The first kappa shape index (κ1) is 7.02.